The molecule has 0 aliphatic carbocycles. The van der Waals surface area contributed by atoms with Crippen molar-refractivity contribution in [2.24, 2.45) is 0 Å². The van der Waals surface area contributed by atoms with E-state index in [0.29, 0.717) is 13.1 Å². The highest BCUT2D eigenvalue weighted by atomic mass is 32.1. The summed E-state index contributed by atoms with van der Waals surface area (Å²) in [7, 11) is 1.61. The lowest BCUT2D eigenvalue weighted by Crippen LogP contribution is -2.14. The van der Waals surface area contributed by atoms with Crippen molar-refractivity contribution in [3.8, 4) is 16.5 Å². The van der Waals surface area contributed by atoms with E-state index in [2.05, 4.69) is 16.4 Å². The first kappa shape index (κ1) is 20.3. The fourth-order valence-corrected chi connectivity index (χ4v) is 3.79. The molecule has 0 atom stereocenters. The summed E-state index contributed by atoms with van der Waals surface area (Å²) in [6.45, 7) is 0.945. The van der Waals surface area contributed by atoms with Gasteiger partial charge in [-0.3, -0.25) is 0 Å². The molecular weight excluding hydrogens is 411 g/mol. The van der Waals surface area contributed by atoms with E-state index in [1.807, 2.05) is 23.6 Å². The minimum Gasteiger partial charge on any atom is -0.497 e. The van der Waals surface area contributed by atoms with E-state index in [9.17, 15) is 13.2 Å². The molecule has 0 amide bonds. The van der Waals surface area contributed by atoms with Crippen LogP contribution in [-0.4, -0.2) is 17.1 Å². The molecule has 4 nitrogen and oxygen atoms in total. The molecule has 1 N–H and O–H groups in total. The topological polar surface area (TPSA) is 47.0 Å². The Labute approximate surface area is 175 Å². The van der Waals surface area contributed by atoms with Gasteiger partial charge in [-0.05, 0) is 41.5 Å². The summed E-state index contributed by atoms with van der Waals surface area (Å²) in [6, 6.07) is 12.9. The predicted octanol–water partition coefficient (Wildman–Crippen LogP) is 5.68. The van der Waals surface area contributed by atoms with Crippen LogP contribution in [0.15, 0.2) is 60.1 Å². The van der Waals surface area contributed by atoms with Gasteiger partial charge in [0.2, 0.25) is 0 Å². The van der Waals surface area contributed by atoms with Crippen molar-refractivity contribution >= 4 is 22.2 Å². The third-order valence-electron chi connectivity index (χ3n) is 4.66. The zero-order chi connectivity index (χ0) is 21.1. The molecule has 30 heavy (non-hydrogen) atoms. The number of ether oxygens (including phenoxy) is 1. The van der Waals surface area contributed by atoms with Crippen LogP contribution < -0.4 is 10.1 Å². The SMILES string of the molecule is COc1ccc2cc(CNCc3ccc(C(F)(F)F)cc3)c(-c3nccs3)nc2c1. The molecule has 0 saturated heterocycles. The fraction of sp³-hybridized carbons (Fsp3) is 0.182. The molecule has 0 saturated carbocycles. The van der Waals surface area contributed by atoms with Crippen molar-refractivity contribution in [1.82, 2.24) is 15.3 Å². The molecule has 8 heteroatoms. The number of fused-ring (bicyclic) bond motifs is 1. The number of nitrogens with one attached hydrogen (secondary N) is 1. The van der Waals surface area contributed by atoms with Crippen LogP contribution in [0.3, 0.4) is 0 Å². The van der Waals surface area contributed by atoms with Crippen LogP contribution in [-0.2, 0) is 19.3 Å². The summed E-state index contributed by atoms with van der Waals surface area (Å²) in [5.74, 6) is 0.730. The smallest absolute Gasteiger partial charge is 0.416 e. The number of halogens is 3. The Balaban J connectivity index is 1.56. The lowest BCUT2D eigenvalue weighted by Gasteiger charge is -2.12. The van der Waals surface area contributed by atoms with Gasteiger partial charge in [-0.1, -0.05) is 12.1 Å². The van der Waals surface area contributed by atoms with Gasteiger partial charge in [-0.15, -0.1) is 11.3 Å². The maximum atomic E-state index is 12.7. The summed E-state index contributed by atoms with van der Waals surface area (Å²) in [5.41, 5.74) is 2.69. The normalized spacial score (nSPS) is 11.7. The second kappa shape index (κ2) is 8.41. The van der Waals surface area contributed by atoms with Crippen LogP contribution in [0, 0.1) is 0 Å². The first-order chi connectivity index (χ1) is 14.4. The molecule has 0 aliphatic rings. The van der Waals surface area contributed by atoms with E-state index in [0.717, 1.165) is 50.6 Å². The number of thiazole rings is 1. The second-order valence-electron chi connectivity index (χ2n) is 6.69. The van der Waals surface area contributed by atoms with Gasteiger partial charge in [0.25, 0.3) is 0 Å². The van der Waals surface area contributed by atoms with Crippen LogP contribution in [0.1, 0.15) is 16.7 Å². The molecule has 0 fully saturated rings. The van der Waals surface area contributed by atoms with Crippen molar-refractivity contribution in [3.05, 3.63) is 76.8 Å². The number of pyridine rings is 1. The van der Waals surface area contributed by atoms with Crippen molar-refractivity contribution in [3.63, 3.8) is 0 Å². The number of methoxy groups -OCH3 is 1. The van der Waals surface area contributed by atoms with Gasteiger partial charge in [-0.2, -0.15) is 13.2 Å². The van der Waals surface area contributed by atoms with E-state index in [1.165, 1.54) is 23.5 Å². The van der Waals surface area contributed by atoms with Crippen molar-refractivity contribution in [1.29, 1.82) is 0 Å². The molecule has 0 radical (unpaired) electrons. The van der Waals surface area contributed by atoms with Crippen LogP contribution in [0.2, 0.25) is 0 Å². The van der Waals surface area contributed by atoms with E-state index in [1.54, 1.807) is 13.3 Å². The fourth-order valence-electron chi connectivity index (χ4n) is 3.13. The monoisotopic (exact) mass is 429 g/mol. The van der Waals surface area contributed by atoms with Gasteiger partial charge in [0, 0.05) is 36.1 Å². The standard InChI is InChI=1S/C22H18F3N3OS/c1-29-18-7-4-15-10-16(20(28-19(15)11-18)21-27-8-9-30-21)13-26-12-14-2-5-17(6-3-14)22(23,24)25/h2-11,26H,12-13H2,1H3. The maximum Gasteiger partial charge on any atom is 0.416 e. The number of hydrogen-bond donors (Lipinski definition) is 1. The van der Waals surface area contributed by atoms with Crippen LogP contribution in [0.5, 0.6) is 5.75 Å². The summed E-state index contributed by atoms with van der Waals surface area (Å²) in [4.78, 5) is 9.18. The van der Waals surface area contributed by atoms with Gasteiger partial charge < -0.3 is 10.1 Å². The zero-order valence-electron chi connectivity index (χ0n) is 16.0. The summed E-state index contributed by atoms with van der Waals surface area (Å²) in [5, 5.41) is 6.98. The second-order valence-corrected chi connectivity index (χ2v) is 7.58. The Bertz CT molecular complexity index is 1140. The van der Waals surface area contributed by atoms with Gasteiger partial charge in [0.15, 0.2) is 0 Å². The summed E-state index contributed by atoms with van der Waals surface area (Å²) in [6.07, 6.45) is -2.59. The Hall–Kier alpha value is -2.97. The van der Waals surface area contributed by atoms with Crippen molar-refractivity contribution in [2.45, 2.75) is 19.3 Å². The van der Waals surface area contributed by atoms with Crippen LogP contribution in [0.25, 0.3) is 21.6 Å². The first-order valence-electron chi connectivity index (χ1n) is 9.18. The van der Waals surface area contributed by atoms with Gasteiger partial charge >= 0.3 is 6.18 Å². The van der Waals surface area contributed by atoms with Gasteiger partial charge in [0.05, 0.1) is 18.2 Å². The highest BCUT2D eigenvalue weighted by Crippen LogP contribution is 2.30. The highest BCUT2D eigenvalue weighted by molar-refractivity contribution is 7.13. The van der Waals surface area contributed by atoms with Crippen LogP contribution in [0.4, 0.5) is 13.2 Å². The molecule has 154 valence electrons. The third kappa shape index (κ3) is 4.44. The molecule has 0 unspecified atom stereocenters. The molecule has 2 aromatic heterocycles. The lowest BCUT2D eigenvalue weighted by atomic mass is 10.1. The maximum absolute atomic E-state index is 12.7. The Morgan fingerprint density at radius 2 is 1.83 bits per heavy atom. The third-order valence-corrected chi connectivity index (χ3v) is 5.44. The summed E-state index contributed by atoms with van der Waals surface area (Å²) >= 11 is 1.50. The molecule has 0 spiro atoms. The van der Waals surface area contributed by atoms with Crippen molar-refractivity contribution in [2.75, 3.05) is 7.11 Å². The number of nitrogens with zero attached hydrogens (tertiary/aromatic N) is 2. The Kier molecular flexibility index (Phi) is 5.69. The van der Waals surface area contributed by atoms with Crippen molar-refractivity contribution < 1.29 is 17.9 Å². The summed E-state index contributed by atoms with van der Waals surface area (Å²) < 4.78 is 43.4. The molecule has 0 aliphatic heterocycles. The van der Waals surface area contributed by atoms with Gasteiger partial charge in [-0.25, -0.2) is 9.97 Å². The zero-order valence-corrected chi connectivity index (χ0v) is 16.8. The van der Waals surface area contributed by atoms with E-state index < -0.39 is 11.7 Å². The lowest BCUT2D eigenvalue weighted by molar-refractivity contribution is -0.137. The largest absolute Gasteiger partial charge is 0.497 e. The molecule has 2 aromatic carbocycles. The molecular formula is C22H18F3N3OS. The van der Waals surface area contributed by atoms with E-state index in [-0.39, 0.29) is 0 Å². The quantitative estimate of drug-likeness (QED) is 0.429. The van der Waals surface area contributed by atoms with E-state index in [4.69, 9.17) is 9.72 Å². The molecule has 4 aromatic rings. The number of rotatable bonds is 6. The molecule has 0 bridgehead atoms. The first-order valence-corrected chi connectivity index (χ1v) is 10.1. The van der Waals surface area contributed by atoms with E-state index >= 15 is 0 Å². The average molecular weight is 429 g/mol. The minimum atomic E-state index is -4.33. The number of aromatic nitrogens is 2. The number of alkyl halides is 3. The Morgan fingerprint density at radius 3 is 2.50 bits per heavy atom. The van der Waals surface area contributed by atoms with Crippen LogP contribution >= 0.6 is 11.3 Å². The average Bonchev–Trinajstić information content (AvgIpc) is 3.27. The van der Waals surface area contributed by atoms with Gasteiger partial charge in [0.1, 0.15) is 16.5 Å². The number of hydrogen-bond acceptors (Lipinski definition) is 5. The predicted molar refractivity (Wildman–Crippen MR) is 111 cm³/mol. The molecule has 4 rings (SSSR count). The Morgan fingerprint density at radius 1 is 1.03 bits per heavy atom. The number of benzene rings is 2. The molecule has 2 heterocycles. The highest BCUT2D eigenvalue weighted by Gasteiger charge is 2.29. The minimum absolute atomic E-state index is 0.441.